The van der Waals surface area contributed by atoms with Gasteiger partial charge in [-0.25, -0.2) is 0 Å². The second-order valence-electron chi connectivity index (χ2n) is 9.32. The van der Waals surface area contributed by atoms with Crippen molar-refractivity contribution in [2.45, 2.75) is 77.2 Å². The molecule has 3 fully saturated rings. The van der Waals surface area contributed by atoms with Crippen LogP contribution in [0.4, 0.5) is 0 Å². The lowest BCUT2D eigenvalue weighted by molar-refractivity contribution is -0.137. The Morgan fingerprint density at radius 3 is 2.34 bits per heavy atom. The van der Waals surface area contributed by atoms with E-state index in [2.05, 4.69) is 27.4 Å². The summed E-state index contributed by atoms with van der Waals surface area (Å²) in [6.45, 7) is 10.2. The molecule has 0 aromatic rings. The number of ether oxygens (including phenoxy) is 1. The Kier molecular flexibility index (Phi) is 13.9. The van der Waals surface area contributed by atoms with Gasteiger partial charge in [-0.15, -0.1) is 24.0 Å². The number of hydrogen-bond acceptors (Lipinski definition) is 4. The number of carbonyl (C=O) groups excluding carboxylic acids is 1. The number of rotatable bonds is 10. The molecule has 2 saturated carbocycles. The van der Waals surface area contributed by atoms with Gasteiger partial charge in [-0.3, -0.25) is 14.7 Å². The average Bonchev–Trinajstić information content (AvgIpc) is 3.34. The maximum Gasteiger partial charge on any atom is 0.225 e. The molecule has 2 aliphatic carbocycles. The van der Waals surface area contributed by atoms with Crippen LogP contribution < -0.4 is 10.6 Å². The molecule has 1 amide bonds. The minimum absolute atomic E-state index is 0. The minimum Gasteiger partial charge on any atom is -0.378 e. The topological polar surface area (TPSA) is 69.2 Å². The van der Waals surface area contributed by atoms with Gasteiger partial charge in [0.25, 0.3) is 0 Å². The lowest BCUT2D eigenvalue weighted by Gasteiger charge is -2.36. The maximum absolute atomic E-state index is 12.6. The molecule has 32 heavy (non-hydrogen) atoms. The molecule has 0 aromatic carbocycles. The van der Waals surface area contributed by atoms with Crippen molar-refractivity contribution in [3.05, 3.63) is 0 Å². The zero-order chi connectivity index (χ0) is 21.7. The fourth-order valence-corrected chi connectivity index (χ4v) is 5.03. The Morgan fingerprint density at radius 2 is 1.66 bits per heavy atom. The van der Waals surface area contributed by atoms with Crippen molar-refractivity contribution in [3.63, 3.8) is 0 Å². The molecular formula is C24H46IN5O2. The number of carbonyl (C=O) groups is 1. The predicted molar refractivity (Wildman–Crippen MR) is 142 cm³/mol. The summed E-state index contributed by atoms with van der Waals surface area (Å²) in [6.07, 6.45) is 12.6. The van der Waals surface area contributed by atoms with Gasteiger partial charge in [-0.2, -0.15) is 0 Å². The van der Waals surface area contributed by atoms with Crippen LogP contribution in [0.1, 0.15) is 71.1 Å². The lowest BCUT2D eigenvalue weighted by Crippen LogP contribution is -2.51. The molecular weight excluding hydrogens is 517 g/mol. The summed E-state index contributed by atoms with van der Waals surface area (Å²) in [4.78, 5) is 21.8. The van der Waals surface area contributed by atoms with E-state index in [1.807, 2.05) is 0 Å². The number of nitrogens with zero attached hydrogens (tertiary/aromatic N) is 3. The van der Waals surface area contributed by atoms with Crippen molar-refractivity contribution in [2.24, 2.45) is 10.9 Å². The van der Waals surface area contributed by atoms with Crippen LogP contribution >= 0.6 is 24.0 Å². The Balaban J connectivity index is 0.00000363. The first-order chi connectivity index (χ1) is 15.3. The first-order valence-corrected chi connectivity index (χ1v) is 12.9. The number of guanidine groups is 1. The van der Waals surface area contributed by atoms with Crippen molar-refractivity contribution >= 4 is 35.8 Å². The van der Waals surface area contributed by atoms with E-state index in [9.17, 15) is 4.79 Å². The number of amides is 1. The van der Waals surface area contributed by atoms with Gasteiger partial charge in [0.15, 0.2) is 5.96 Å². The van der Waals surface area contributed by atoms with Crippen molar-refractivity contribution in [1.29, 1.82) is 0 Å². The summed E-state index contributed by atoms with van der Waals surface area (Å²) in [6, 6.07) is 0. The maximum atomic E-state index is 12.6. The van der Waals surface area contributed by atoms with Crippen LogP contribution in [0.5, 0.6) is 0 Å². The van der Waals surface area contributed by atoms with E-state index in [1.165, 1.54) is 44.9 Å². The van der Waals surface area contributed by atoms with Crippen molar-refractivity contribution in [1.82, 2.24) is 20.4 Å². The first kappa shape index (κ1) is 27.6. The molecule has 0 bridgehead atoms. The average molecular weight is 564 g/mol. The van der Waals surface area contributed by atoms with Gasteiger partial charge >= 0.3 is 0 Å². The van der Waals surface area contributed by atoms with E-state index in [-0.39, 0.29) is 24.0 Å². The second-order valence-corrected chi connectivity index (χ2v) is 9.32. The number of aliphatic imine (C=N–C) groups is 1. The quantitative estimate of drug-likeness (QED) is 0.185. The Bertz CT molecular complexity index is 543. The van der Waals surface area contributed by atoms with Crippen LogP contribution in [-0.2, 0) is 9.53 Å². The molecule has 2 N–H and O–H groups in total. The van der Waals surface area contributed by atoms with Crippen molar-refractivity contribution in [3.8, 4) is 0 Å². The third-order valence-electron chi connectivity index (χ3n) is 6.93. The minimum atomic E-state index is 0. The van der Waals surface area contributed by atoms with E-state index in [0.29, 0.717) is 17.9 Å². The Morgan fingerprint density at radius 1 is 0.969 bits per heavy atom. The molecule has 0 atom stereocenters. The molecule has 0 radical (unpaired) electrons. The highest BCUT2D eigenvalue weighted by atomic mass is 127. The summed E-state index contributed by atoms with van der Waals surface area (Å²) >= 11 is 0. The summed E-state index contributed by atoms with van der Waals surface area (Å²) in [5, 5.41) is 6.80. The highest BCUT2D eigenvalue weighted by Gasteiger charge is 2.29. The number of piperazine rings is 1. The normalized spacial score (nSPS) is 21.4. The number of hydrogen-bond donors (Lipinski definition) is 2. The van der Waals surface area contributed by atoms with Crippen molar-refractivity contribution < 1.29 is 9.53 Å². The SMILES string of the molecule is CCNC(=NCCCOC1CCCCC1)NCCN1CCN(C(=O)C2CCCC2)CC1.I. The Labute approximate surface area is 212 Å². The highest BCUT2D eigenvalue weighted by molar-refractivity contribution is 14.0. The molecule has 0 spiro atoms. The molecule has 1 heterocycles. The summed E-state index contributed by atoms with van der Waals surface area (Å²) < 4.78 is 6.00. The van der Waals surface area contributed by atoms with Gasteiger partial charge < -0.3 is 20.3 Å². The largest absolute Gasteiger partial charge is 0.378 e. The van der Waals surface area contributed by atoms with E-state index < -0.39 is 0 Å². The van der Waals surface area contributed by atoms with Crippen LogP contribution in [0.15, 0.2) is 4.99 Å². The van der Waals surface area contributed by atoms with Gasteiger partial charge in [-0.05, 0) is 39.0 Å². The van der Waals surface area contributed by atoms with E-state index >= 15 is 0 Å². The zero-order valence-electron chi connectivity index (χ0n) is 20.2. The first-order valence-electron chi connectivity index (χ1n) is 12.9. The molecule has 8 heteroatoms. The van der Waals surface area contributed by atoms with Crippen LogP contribution in [0.2, 0.25) is 0 Å². The van der Waals surface area contributed by atoms with Crippen LogP contribution in [0.3, 0.4) is 0 Å². The van der Waals surface area contributed by atoms with E-state index in [1.54, 1.807) is 0 Å². The third kappa shape index (κ3) is 9.71. The van der Waals surface area contributed by atoms with Gasteiger partial charge in [0, 0.05) is 64.9 Å². The molecule has 186 valence electrons. The fraction of sp³-hybridized carbons (Fsp3) is 0.917. The number of nitrogens with one attached hydrogen (secondary N) is 2. The summed E-state index contributed by atoms with van der Waals surface area (Å²) in [7, 11) is 0. The molecule has 0 aromatic heterocycles. The molecule has 3 rings (SSSR count). The molecule has 7 nitrogen and oxygen atoms in total. The van der Waals surface area contributed by atoms with Crippen LogP contribution in [-0.4, -0.2) is 86.7 Å². The lowest BCUT2D eigenvalue weighted by atomic mass is 9.98. The monoisotopic (exact) mass is 563 g/mol. The third-order valence-corrected chi connectivity index (χ3v) is 6.93. The van der Waals surface area contributed by atoms with Crippen LogP contribution in [0.25, 0.3) is 0 Å². The smallest absolute Gasteiger partial charge is 0.225 e. The van der Waals surface area contributed by atoms with Gasteiger partial charge in [0.2, 0.25) is 5.91 Å². The zero-order valence-corrected chi connectivity index (χ0v) is 22.5. The standard InChI is InChI=1S/C24H45N5O2.HI/c1-2-25-24(26-13-8-20-31-22-11-4-3-5-12-22)27-14-15-28-16-18-29(19-17-28)23(30)21-9-6-7-10-21;/h21-22H,2-20H2,1H3,(H2,25,26,27);1H. The predicted octanol–water partition coefficient (Wildman–Crippen LogP) is 3.23. The van der Waals surface area contributed by atoms with Crippen LogP contribution in [0, 0.1) is 5.92 Å². The molecule has 1 aliphatic heterocycles. The Hall–Kier alpha value is -0.610. The summed E-state index contributed by atoms with van der Waals surface area (Å²) in [5.41, 5.74) is 0. The highest BCUT2D eigenvalue weighted by Crippen LogP contribution is 2.26. The van der Waals surface area contributed by atoms with Gasteiger partial charge in [0.05, 0.1) is 6.10 Å². The second kappa shape index (κ2) is 16.1. The molecule has 1 saturated heterocycles. The van der Waals surface area contributed by atoms with Gasteiger partial charge in [-0.1, -0.05) is 32.1 Å². The fourth-order valence-electron chi connectivity index (χ4n) is 5.03. The number of halogens is 1. The van der Waals surface area contributed by atoms with E-state index in [0.717, 1.165) is 84.2 Å². The molecule has 3 aliphatic rings. The van der Waals surface area contributed by atoms with E-state index in [4.69, 9.17) is 9.73 Å². The molecule has 0 unspecified atom stereocenters. The van der Waals surface area contributed by atoms with Crippen molar-refractivity contribution in [2.75, 3.05) is 59.0 Å². The summed E-state index contributed by atoms with van der Waals surface area (Å²) in [5.74, 6) is 1.61. The van der Waals surface area contributed by atoms with Gasteiger partial charge in [0.1, 0.15) is 0 Å².